The summed E-state index contributed by atoms with van der Waals surface area (Å²) in [6, 6.07) is 19.7. The number of halogens is 1. The maximum absolute atomic E-state index is 13.4. The van der Waals surface area contributed by atoms with Crippen LogP contribution in [0.3, 0.4) is 0 Å². The summed E-state index contributed by atoms with van der Waals surface area (Å²) >= 11 is 1.79. The van der Waals surface area contributed by atoms with Crippen LogP contribution in [0.25, 0.3) is 0 Å². The second kappa shape index (κ2) is 12.0. The predicted molar refractivity (Wildman–Crippen MR) is 137 cm³/mol. The number of carbonyl (C=O) groups is 1. The maximum atomic E-state index is 13.4. The Balaban J connectivity index is 1.59. The van der Waals surface area contributed by atoms with Gasteiger partial charge in [0, 0.05) is 12.3 Å². The van der Waals surface area contributed by atoms with Crippen LogP contribution in [-0.2, 0) is 20.6 Å². The quantitative estimate of drug-likeness (QED) is 0.373. The number of anilines is 1. The molecule has 3 aromatic rings. The van der Waals surface area contributed by atoms with Crippen LogP contribution in [0.15, 0.2) is 77.7 Å². The molecule has 0 bridgehead atoms. The molecule has 1 amide bonds. The number of nitrogens with zero attached hydrogens (tertiary/aromatic N) is 1. The van der Waals surface area contributed by atoms with Crippen LogP contribution in [0.4, 0.5) is 10.1 Å². The van der Waals surface area contributed by atoms with Crippen molar-refractivity contribution >= 4 is 33.4 Å². The summed E-state index contributed by atoms with van der Waals surface area (Å²) in [7, 11) is -4.01. The summed E-state index contributed by atoms with van der Waals surface area (Å²) in [5.74, 6) is 0.888. The number of rotatable bonds is 11. The number of carbonyl (C=O) groups excluding carboxylic acids is 1. The fourth-order valence-electron chi connectivity index (χ4n) is 3.30. The van der Waals surface area contributed by atoms with E-state index in [9.17, 15) is 17.6 Å². The summed E-state index contributed by atoms with van der Waals surface area (Å²) in [6.07, 6.45) is 0.767. The number of sulfonamides is 1. The van der Waals surface area contributed by atoms with Crippen molar-refractivity contribution in [3.63, 3.8) is 0 Å². The molecule has 0 atom stereocenters. The molecule has 5 nitrogen and oxygen atoms in total. The van der Waals surface area contributed by atoms with E-state index in [1.807, 2.05) is 19.1 Å². The zero-order valence-electron chi connectivity index (χ0n) is 19.3. The lowest BCUT2D eigenvalue weighted by Crippen LogP contribution is -2.41. The average molecular weight is 501 g/mol. The van der Waals surface area contributed by atoms with Gasteiger partial charge in [0.25, 0.3) is 10.0 Å². The van der Waals surface area contributed by atoms with Crippen molar-refractivity contribution in [3.05, 3.63) is 95.3 Å². The third-order valence-corrected chi connectivity index (χ3v) is 8.20. The van der Waals surface area contributed by atoms with Gasteiger partial charge in [0.05, 0.1) is 10.6 Å². The van der Waals surface area contributed by atoms with E-state index in [0.29, 0.717) is 6.54 Å². The predicted octanol–water partition coefficient (Wildman–Crippen LogP) is 5.08. The second-order valence-corrected chi connectivity index (χ2v) is 11.0. The Bertz CT molecular complexity index is 1200. The van der Waals surface area contributed by atoms with Crippen molar-refractivity contribution in [2.45, 2.75) is 30.9 Å². The molecule has 180 valence electrons. The summed E-state index contributed by atoms with van der Waals surface area (Å²) in [4.78, 5) is 12.7. The van der Waals surface area contributed by atoms with Crippen LogP contribution in [-0.4, -0.2) is 33.2 Å². The highest BCUT2D eigenvalue weighted by atomic mass is 32.2. The van der Waals surface area contributed by atoms with E-state index in [-0.39, 0.29) is 10.6 Å². The molecule has 1 N–H and O–H groups in total. The van der Waals surface area contributed by atoms with E-state index in [4.69, 9.17) is 0 Å². The molecule has 3 aromatic carbocycles. The summed E-state index contributed by atoms with van der Waals surface area (Å²) < 4.78 is 41.0. The number of thioether (sulfide) groups is 1. The smallest absolute Gasteiger partial charge is 0.264 e. The van der Waals surface area contributed by atoms with Crippen molar-refractivity contribution in [1.82, 2.24) is 5.32 Å². The van der Waals surface area contributed by atoms with Gasteiger partial charge < -0.3 is 5.32 Å². The van der Waals surface area contributed by atoms with Crippen LogP contribution in [0.1, 0.15) is 23.1 Å². The fourth-order valence-corrected chi connectivity index (χ4v) is 5.76. The third kappa shape index (κ3) is 7.08. The lowest BCUT2D eigenvalue weighted by molar-refractivity contribution is -0.119. The molecular weight excluding hydrogens is 471 g/mol. The van der Waals surface area contributed by atoms with Crippen LogP contribution >= 0.6 is 11.8 Å². The summed E-state index contributed by atoms with van der Waals surface area (Å²) in [6.45, 7) is 4.01. The van der Waals surface area contributed by atoms with E-state index in [1.54, 1.807) is 23.9 Å². The third-order valence-electron chi connectivity index (χ3n) is 5.32. The molecule has 0 aromatic heterocycles. The normalized spacial score (nSPS) is 11.3. The SMILES string of the molecule is Cc1ccc(S(=O)(=O)N(CC(=O)NCCCSCc2ccccc2C)c2ccc(F)cc2)cc1. The van der Waals surface area contributed by atoms with E-state index < -0.39 is 28.3 Å². The Hall–Kier alpha value is -2.84. The van der Waals surface area contributed by atoms with Gasteiger partial charge in [0.2, 0.25) is 5.91 Å². The Morgan fingerprint density at radius 2 is 1.65 bits per heavy atom. The molecule has 0 fully saturated rings. The largest absolute Gasteiger partial charge is 0.354 e. The lowest BCUT2D eigenvalue weighted by Gasteiger charge is -2.24. The maximum Gasteiger partial charge on any atom is 0.264 e. The molecule has 34 heavy (non-hydrogen) atoms. The molecule has 8 heteroatoms. The molecule has 3 rings (SSSR count). The first kappa shape index (κ1) is 25.8. The summed E-state index contributed by atoms with van der Waals surface area (Å²) in [5.41, 5.74) is 3.71. The van der Waals surface area contributed by atoms with Crippen molar-refractivity contribution < 1.29 is 17.6 Å². The Kier molecular flexibility index (Phi) is 9.12. The monoisotopic (exact) mass is 500 g/mol. The van der Waals surface area contributed by atoms with Gasteiger partial charge in [-0.1, -0.05) is 42.0 Å². The van der Waals surface area contributed by atoms with E-state index >= 15 is 0 Å². The van der Waals surface area contributed by atoms with Gasteiger partial charge >= 0.3 is 0 Å². The standard InChI is InChI=1S/C26H29FN2O3S2/c1-20-8-14-25(15-9-20)34(31,32)29(24-12-10-23(27)11-13-24)18-26(30)28-16-5-17-33-19-22-7-4-3-6-21(22)2/h3-4,6-15H,5,16-19H2,1-2H3,(H,28,30). The van der Waals surface area contributed by atoms with Gasteiger partial charge in [0.1, 0.15) is 12.4 Å². The van der Waals surface area contributed by atoms with Crippen LogP contribution in [0.2, 0.25) is 0 Å². The minimum atomic E-state index is -4.01. The minimum absolute atomic E-state index is 0.0721. The van der Waals surface area contributed by atoms with Gasteiger partial charge in [-0.05, 0) is 73.5 Å². The van der Waals surface area contributed by atoms with Crippen molar-refractivity contribution in [1.29, 1.82) is 0 Å². The Labute approximate surface area is 205 Å². The molecule has 0 unspecified atom stereocenters. The van der Waals surface area contributed by atoms with Gasteiger partial charge in [-0.15, -0.1) is 0 Å². The van der Waals surface area contributed by atoms with Crippen molar-refractivity contribution in [2.24, 2.45) is 0 Å². The van der Waals surface area contributed by atoms with Gasteiger partial charge in [-0.3, -0.25) is 9.10 Å². The highest BCUT2D eigenvalue weighted by molar-refractivity contribution is 7.98. The topological polar surface area (TPSA) is 66.5 Å². The number of nitrogens with one attached hydrogen (secondary N) is 1. The first-order valence-corrected chi connectivity index (χ1v) is 13.6. The lowest BCUT2D eigenvalue weighted by atomic mass is 10.1. The van der Waals surface area contributed by atoms with Crippen LogP contribution in [0, 0.1) is 19.7 Å². The molecule has 0 aliphatic carbocycles. The number of hydrogen-bond donors (Lipinski definition) is 1. The molecule has 0 saturated heterocycles. The highest BCUT2D eigenvalue weighted by Gasteiger charge is 2.27. The van der Waals surface area contributed by atoms with Crippen LogP contribution < -0.4 is 9.62 Å². The molecule has 0 spiro atoms. The van der Waals surface area contributed by atoms with Gasteiger partial charge in [-0.2, -0.15) is 11.8 Å². The van der Waals surface area contributed by atoms with E-state index in [1.165, 1.54) is 47.5 Å². The zero-order chi connectivity index (χ0) is 24.6. The fraction of sp³-hybridized carbons (Fsp3) is 0.269. The molecule has 0 aliphatic rings. The number of amides is 1. The molecule has 0 radical (unpaired) electrons. The van der Waals surface area contributed by atoms with E-state index in [2.05, 4.69) is 24.4 Å². The van der Waals surface area contributed by atoms with Crippen LogP contribution in [0.5, 0.6) is 0 Å². The number of benzene rings is 3. The first-order valence-electron chi connectivity index (χ1n) is 11.0. The Morgan fingerprint density at radius 1 is 0.971 bits per heavy atom. The number of hydrogen-bond acceptors (Lipinski definition) is 4. The molecular formula is C26H29FN2O3S2. The van der Waals surface area contributed by atoms with Crippen molar-refractivity contribution in [2.75, 3.05) is 23.1 Å². The zero-order valence-corrected chi connectivity index (χ0v) is 21.0. The highest BCUT2D eigenvalue weighted by Crippen LogP contribution is 2.24. The van der Waals surface area contributed by atoms with Gasteiger partial charge in [-0.25, -0.2) is 12.8 Å². The average Bonchev–Trinajstić information content (AvgIpc) is 2.82. The summed E-state index contributed by atoms with van der Waals surface area (Å²) in [5, 5.41) is 2.80. The second-order valence-electron chi connectivity index (χ2n) is 7.98. The van der Waals surface area contributed by atoms with Crippen molar-refractivity contribution in [3.8, 4) is 0 Å². The minimum Gasteiger partial charge on any atom is -0.354 e. The molecule has 0 aliphatic heterocycles. The Morgan fingerprint density at radius 3 is 2.32 bits per heavy atom. The molecule has 0 saturated carbocycles. The molecule has 0 heterocycles. The van der Waals surface area contributed by atoms with Gasteiger partial charge in [0.15, 0.2) is 0 Å². The number of aryl methyl sites for hydroxylation is 2. The first-order chi connectivity index (χ1) is 16.3. The van der Waals surface area contributed by atoms with E-state index in [0.717, 1.165) is 27.8 Å².